The number of morpholine rings is 1. The molecule has 0 aliphatic carbocycles. The number of hydrogen-bond acceptors (Lipinski definition) is 5. The maximum atomic E-state index is 12.5. The Labute approximate surface area is 148 Å². The second kappa shape index (κ2) is 6.18. The number of carbonyl (C=O) groups excluding carboxylic acids is 1. The zero-order chi connectivity index (χ0) is 17.6. The summed E-state index contributed by atoms with van der Waals surface area (Å²) in [6.45, 7) is 7.12. The molecule has 2 saturated heterocycles. The molecule has 1 aromatic rings. The summed E-state index contributed by atoms with van der Waals surface area (Å²) in [6.07, 6.45) is 3.17. The maximum Gasteiger partial charge on any atom is 0.255 e. The van der Waals surface area contributed by atoms with E-state index in [9.17, 15) is 9.90 Å². The Balaban J connectivity index is 1.39. The number of phenols is 1. The summed E-state index contributed by atoms with van der Waals surface area (Å²) in [5.74, 6) is 0.0805. The molecule has 0 unspecified atom stereocenters. The number of phenolic OH excluding ortho intramolecular Hbond substituents is 1. The first-order chi connectivity index (χ1) is 11.9. The minimum Gasteiger partial charge on any atom is -0.504 e. The van der Waals surface area contributed by atoms with Crippen LogP contribution >= 0.6 is 0 Å². The predicted molar refractivity (Wildman–Crippen MR) is 93.2 cm³/mol. The Hall–Kier alpha value is -1.79. The largest absolute Gasteiger partial charge is 0.504 e. The highest BCUT2D eigenvalue weighted by molar-refractivity contribution is 5.98. The van der Waals surface area contributed by atoms with Crippen LogP contribution in [0.4, 0.5) is 0 Å². The number of amides is 1. The zero-order valence-electron chi connectivity index (χ0n) is 14.9. The van der Waals surface area contributed by atoms with Crippen molar-refractivity contribution in [1.29, 1.82) is 0 Å². The van der Waals surface area contributed by atoms with Crippen molar-refractivity contribution in [3.63, 3.8) is 0 Å². The Bertz CT molecular complexity index is 688. The van der Waals surface area contributed by atoms with Crippen LogP contribution in [0, 0.1) is 0 Å². The molecule has 2 fully saturated rings. The summed E-state index contributed by atoms with van der Waals surface area (Å²) < 4.78 is 11.7. The highest BCUT2D eigenvalue weighted by Gasteiger charge is 2.35. The third kappa shape index (κ3) is 3.20. The van der Waals surface area contributed by atoms with E-state index in [0.29, 0.717) is 18.3 Å². The molecule has 3 aliphatic heterocycles. The standard InChI is InChI=1S/C19H26N2O4/c1-19(2)8-12-5-6-15(16(22)17(12)25-19)18(23)20-9-14-10-21-7-3-4-13(21)11-24-14/h5-6,13-14,22H,3-4,7-11H2,1-2H3,(H,20,23)/t13-,14+/m1/s1. The topological polar surface area (TPSA) is 71.0 Å². The predicted octanol–water partition coefficient (Wildman–Crippen LogP) is 1.70. The summed E-state index contributed by atoms with van der Waals surface area (Å²) in [6, 6.07) is 4.09. The van der Waals surface area contributed by atoms with Crippen LogP contribution in [-0.4, -0.2) is 59.9 Å². The lowest BCUT2D eigenvalue weighted by atomic mass is 10.0. The van der Waals surface area contributed by atoms with Crippen LogP contribution in [0.3, 0.4) is 0 Å². The summed E-state index contributed by atoms with van der Waals surface area (Å²) in [4.78, 5) is 14.9. The van der Waals surface area contributed by atoms with Crippen molar-refractivity contribution in [3.8, 4) is 11.5 Å². The number of ether oxygens (including phenoxy) is 2. The van der Waals surface area contributed by atoms with Gasteiger partial charge in [-0.25, -0.2) is 0 Å². The lowest BCUT2D eigenvalue weighted by Crippen LogP contribution is -2.50. The van der Waals surface area contributed by atoms with Gasteiger partial charge in [-0.1, -0.05) is 6.07 Å². The minimum absolute atomic E-state index is 0.00468. The Morgan fingerprint density at radius 2 is 2.28 bits per heavy atom. The third-order valence-electron chi connectivity index (χ3n) is 5.40. The van der Waals surface area contributed by atoms with Crippen molar-refractivity contribution in [2.75, 3.05) is 26.2 Å². The molecule has 2 atom stereocenters. The summed E-state index contributed by atoms with van der Waals surface area (Å²) in [5.41, 5.74) is 0.845. The van der Waals surface area contributed by atoms with Crippen molar-refractivity contribution in [1.82, 2.24) is 10.2 Å². The molecule has 0 spiro atoms. The molecular formula is C19H26N2O4. The highest BCUT2D eigenvalue weighted by Crippen LogP contribution is 2.43. The monoisotopic (exact) mass is 346 g/mol. The van der Waals surface area contributed by atoms with Crippen molar-refractivity contribution >= 4 is 5.91 Å². The van der Waals surface area contributed by atoms with E-state index in [0.717, 1.165) is 31.7 Å². The van der Waals surface area contributed by atoms with E-state index in [1.165, 1.54) is 12.8 Å². The number of nitrogens with one attached hydrogen (secondary N) is 1. The van der Waals surface area contributed by atoms with Gasteiger partial charge in [0.05, 0.1) is 18.3 Å². The molecule has 3 heterocycles. The molecule has 1 aromatic carbocycles. The van der Waals surface area contributed by atoms with Gasteiger partial charge in [0.25, 0.3) is 5.91 Å². The second-order valence-corrected chi connectivity index (χ2v) is 7.94. The zero-order valence-corrected chi connectivity index (χ0v) is 14.9. The van der Waals surface area contributed by atoms with Gasteiger partial charge in [-0.05, 0) is 39.3 Å². The van der Waals surface area contributed by atoms with Gasteiger partial charge < -0.3 is 19.9 Å². The molecule has 0 saturated carbocycles. The van der Waals surface area contributed by atoms with Crippen molar-refractivity contribution in [2.45, 2.75) is 50.9 Å². The van der Waals surface area contributed by atoms with Gasteiger partial charge in [-0.15, -0.1) is 0 Å². The average Bonchev–Trinajstić information content (AvgIpc) is 3.15. The van der Waals surface area contributed by atoms with E-state index in [1.54, 1.807) is 6.07 Å². The van der Waals surface area contributed by atoms with Crippen LogP contribution in [0.5, 0.6) is 11.5 Å². The van der Waals surface area contributed by atoms with E-state index in [1.807, 2.05) is 19.9 Å². The quantitative estimate of drug-likeness (QED) is 0.872. The van der Waals surface area contributed by atoms with Gasteiger partial charge >= 0.3 is 0 Å². The van der Waals surface area contributed by atoms with Crippen LogP contribution in [0.25, 0.3) is 0 Å². The van der Waals surface area contributed by atoms with Gasteiger partial charge in [0.2, 0.25) is 0 Å². The van der Waals surface area contributed by atoms with E-state index >= 15 is 0 Å². The fourth-order valence-electron chi connectivity index (χ4n) is 4.13. The molecule has 0 bridgehead atoms. The van der Waals surface area contributed by atoms with Crippen molar-refractivity contribution in [2.24, 2.45) is 0 Å². The first kappa shape index (κ1) is 16.7. The SMILES string of the molecule is CC1(C)Cc2ccc(C(=O)NC[C@H]3CN4CCC[C@@H]4CO3)c(O)c2O1. The number of fused-ring (bicyclic) bond motifs is 2. The number of rotatable bonds is 3. The fraction of sp³-hybridized carbons (Fsp3) is 0.632. The minimum atomic E-state index is -0.350. The lowest BCUT2D eigenvalue weighted by Gasteiger charge is -2.35. The van der Waals surface area contributed by atoms with E-state index in [4.69, 9.17) is 9.47 Å². The van der Waals surface area contributed by atoms with Crippen LogP contribution in [0.15, 0.2) is 12.1 Å². The summed E-state index contributed by atoms with van der Waals surface area (Å²) >= 11 is 0. The molecular weight excluding hydrogens is 320 g/mol. The molecule has 0 radical (unpaired) electrons. The number of hydrogen-bond donors (Lipinski definition) is 2. The maximum absolute atomic E-state index is 12.5. The highest BCUT2D eigenvalue weighted by atomic mass is 16.5. The molecule has 136 valence electrons. The van der Waals surface area contributed by atoms with Gasteiger partial charge in [0, 0.05) is 31.1 Å². The Morgan fingerprint density at radius 1 is 1.44 bits per heavy atom. The molecule has 6 heteroatoms. The average molecular weight is 346 g/mol. The molecule has 3 aliphatic rings. The number of aromatic hydroxyl groups is 1. The molecule has 2 N–H and O–H groups in total. The smallest absolute Gasteiger partial charge is 0.255 e. The van der Waals surface area contributed by atoms with Gasteiger partial charge in [-0.2, -0.15) is 0 Å². The molecule has 1 amide bonds. The Kier molecular flexibility index (Phi) is 4.12. The van der Waals surface area contributed by atoms with E-state index < -0.39 is 0 Å². The van der Waals surface area contributed by atoms with Crippen LogP contribution < -0.4 is 10.1 Å². The van der Waals surface area contributed by atoms with Crippen LogP contribution in [0.2, 0.25) is 0 Å². The third-order valence-corrected chi connectivity index (χ3v) is 5.40. The van der Waals surface area contributed by atoms with Gasteiger partial charge in [-0.3, -0.25) is 9.69 Å². The second-order valence-electron chi connectivity index (χ2n) is 7.94. The normalized spacial score (nSPS) is 27.4. The molecule has 4 rings (SSSR count). The van der Waals surface area contributed by atoms with Crippen molar-refractivity contribution < 1.29 is 19.4 Å². The molecule has 6 nitrogen and oxygen atoms in total. The fourth-order valence-corrected chi connectivity index (χ4v) is 4.13. The van der Waals surface area contributed by atoms with Gasteiger partial charge in [0.15, 0.2) is 11.5 Å². The van der Waals surface area contributed by atoms with E-state index in [2.05, 4.69) is 10.2 Å². The molecule has 25 heavy (non-hydrogen) atoms. The number of carbonyl (C=O) groups is 1. The molecule has 0 aromatic heterocycles. The lowest BCUT2D eigenvalue weighted by molar-refractivity contribution is -0.0461. The van der Waals surface area contributed by atoms with E-state index in [-0.39, 0.29) is 28.9 Å². The van der Waals surface area contributed by atoms with Crippen LogP contribution in [-0.2, 0) is 11.2 Å². The first-order valence-corrected chi connectivity index (χ1v) is 9.11. The Morgan fingerprint density at radius 3 is 3.12 bits per heavy atom. The first-order valence-electron chi connectivity index (χ1n) is 9.11. The summed E-state index contributed by atoms with van der Waals surface area (Å²) in [5, 5.41) is 13.3. The van der Waals surface area contributed by atoms with Crippen LogP contribution in [0.1, 0.15) is 42.6 Å². The van der Waals surface area contributed by atoms with Gasteiger partial charge in [0.1, 0.15) is 5.60 Å². The van der Waals surface area contributed by atoms with Crippen molar-refractivity contribution in [3.05, 3.63) is 23.3 Å². The summed E-state index contributed by atoms with van der Waals surface area (Å²) in [7, 11) is 0. The number of benzene rings is 1. The number of nitrogens with zero attached hydrogens (tertiary/aromatic N) is 1.